The number of hydrogen-bond donors (Lipinski definition) is 2. The van der Waals surface area contributed by atoms with Gasteiger partial charge in [0.25, 0.3) is 0 Å². The minimum Gasteiger partial charge on any atom is -0.378 e. The molecule has 0 aromatic heterocycles. The maximum Gasteiger partial charge on any atom is 0.241 e. The van der Waals surface area contributed by atoms with Crippen molar-refractivity contribution in [2.24, 2.45) is 11.1 Å². The number of amides is 1. The van der Waals surface area contributed by atoms with Crippen molar-refractivity contribution in [3.05, 3.63) is 60.2 Å². The zero-order valence-electron chi connectivity index (χ0n) is 16.7. The monoisotopic (exact) mass is 366 g/mol. The molecule has 27 heavy (non-hydrogen) atoms. The predicted octanol–water partition coefficient (Wildman–Crippen LogP) is 4.06. The van der Waals surface area contributed by atoms with Gasteiger partial charge in [-0.1, -0.05) is 68.4 Å². The Labute approximate surface area is 162 Å². The molecule has 1 aliphatic carbocycles. The lowest BCUT2D eigenvalue weighted by Gasteiger charge is -2.57. The zero-order chi connectivity index (χ0) is 19.7. The number of carbonyl (C=O) groups excluding carboxylic acids is 1. The third-order valence-electron chi connectivity index (χ3n) is 6.10. The largest absolute Gasteiger partial charge is 0.378 e. The summed E-state index contributed by atoms with van der Waals surface area (Å²) in [6, 6.07) is 18.4. The Bertz CT molecular complexity index is 786. The van der Waals surface area contributed by atoms with Crippen LogP contribution in [0.5, 0.6) is 0 Å². The van der Waals surface area contributed by atoms with E-state index in [2.05, 4.69) is 41.7 Å². The summed E-state index contributed by atoms with van der Waals surface area (Å²) in [4.78, 5) is 12.9. The van der Waals surface area contributed by atoms with Gasteiger partial charge >= 0.3 is 0 Å². The molecule has 3 atom stereocenters. The minimum absolute atomic E-state index is 0.0266. The van der Waals surface area contributed by atoms with Crippen LogP contribution in [-0.2, 0) is 9.53 Å². The number of hydrogen-bond acceptors (Lipinski definition) is 3. The van der Waals surface area contributed by atoms with Crippen LogP contribution in [0.2, 0.25) is 0 Å². The fourth-order valence-corrected chi connectivity index (χ4v) is 3.82. The molecule has 2 aromatic carbocycles. The Kier molecular flexibility index (Phi) is 5.41. The van der Waals surface area contributed by atoms with Crippen molar-refractivity contribution in [3.63, 3.8) is 0 Å². The highest BCUT2D eigenvalue weighted by molar-refractivity contribution is 5.89. The standard InChI is InChI=1S/C23H30N2O2/c1-5-27-20-15-23(24,22(20,3)4)21(26)25-16(2)17-11-13-19(14-12-17)18-9-7-6-8-10-18/h6-14,16,20H,5,15,24H2,1-4H3,(H,25,26). The summed E-state index contributed by atoms with van der Waals surface area (Å²) in [7, 11) is 0. The number of carbonyl (C=O) groups is 1. The molecule has 2 aromatic rings. The van der Waals surface area contributed by atoms with E-state index in [1.807, 2.05) is 45.9 Å². The van der Waals surface area contributed by atoms with Gasteiger partial charge in [0.05, 0.1) is 12.1 Å². The molecule has 0 radical (unpaired) electrons. The minimum atomic E-state index is -0.898. The van der Waals surface area contributed by atoms with Gasteiger partial charge in [-0.15, -0.1) is 0 Å². The van der Waals surface area contributed by atoms with Gasteiger partial charge in [-0.2, -0.15) is 0 Å². The third kappa shape index (κ3) is 3.52. The number of rotatable bonds is 6. The summed E-state index contributed by atoms with van der Waals surface area (Å²) in [6.07, 6.45) is 0.581. The lowest BCUT2D eigenvalue weighted by atomic mass is 9.54. The van der Waals surface area contributed by atoms with Gasteiger partial charge in [0.1, 0.15) is 5.54 Å². The maximum atomic E-state index is 12.9. The molecular formula is C23H30N2O2. The van der Waals surface area contributed by atoms with E-state index in [1.54, 1.807) is 0 Å². The van der Waals surface area contributed by atoms with Crippen LogP contribution in [0.1, 0.15) is 45.7 Å². The molecule has 1 amide bonds. The average molecular weight is 367 g/mol. The highest BCUT2D eigenvalue weighted by atomic mass is 16.5. The van der Waals surface area contributed by atoms with Crippen molar-refractivity contribution in [2.45, 2.75) is 51.8 Å². The molecule has 1 fully saturated rings. The zero-order valence-corrected chi connectivity index (χ0v) is 16.7. The summed E-state index contributed by atoms with van der Waals surface area (Å²) >= 11 is 0. The van der Waals surface area contributed by atoms with E-state index in [-0.39, 0.29) is 23.5 Å². The van der Waals surface area contributed by atoms with Crippen molar-refractivity contribution in [3.8, 4) is 11.1 Å². The molecule has 0 saturated heterocycles. The van der Waals surface area contributed by atoms with Gasteiger partial charge in [0.15, 0.2) is 0 Å². The molecule has 3 unspecified atom stereocenters. The smallest absolute Gasteiger partial charge is 0.241 e. The number of nitrogens with two attached hydrogens (primary N) is 1. The lowest BCUT2D eigenvalue weighted by molar-refractivity contribution is -0.171. The van der Waals surface area contributed by atoms with Gasteiger partial charge in [0, 0.05) is 18.4 Å². The number of ether oxygens (including phenoxy) is 1. The van der Waals surface area contributed by atoms with E-state index in [1.165, 1.54) is 5.56 Å². The van der Waals surface area contributed by atoms with Crippen LogP contribution in [0.3, 0.4) is 0 Å². The van der Waals surface area contributed by atoms with Gasteiger partial charge in [-0.05, 0) is 30.5 Å². The molecule has 3 rings (SSSR count). The Morgan fingerprint density at radius 3 is 2.30 bits per heavy atom. The summed E-state index contributed by atoms with van der Waals surface area (Å²) < 4.78 is 5.72. The molecule has 0 heterocycles. The van der Waals surface area contributed by atoms with E-state index in [4.69, 9.17) is 10.5 Å². The quantitative estimate of drug-likeness (QED) is 0.810. The lowest BCUT2D eigenvalue weighted by Crippen LogP contribution is -2.75. The summed E-state index contributed by atoms with van der Waals surface area (Å²) in [5, 5.41) is 3.10. The molecule has 0 aliphatic heterocycles. The average Bonchev–Trinajstić information content (AvgIpc) is 2.68. The fourth-order valence-electron chi connectivity index (χ4n) is 3.82. The van der Waals surface area contributed by atoms with Gasteiger partial charge in [0.2, 0.25) is 5.91 Å². The van der Waals surface area contributed by atoms with Crippen LogP contribution in [0, 0.1) is 5.41 Å². The third-order valence-corrected chi connectivity index (χ3v) is 6.10. The Hall–Kier alpha value is -2.17. The molecule has 3 N–H and O–H groups in total. The molecule has 0 bridgehead atoms. The second kappa shape index (κ2) is 7.45. The molecule has 144 valence electrons. The van der Waals surface area contributed by atoms with Gasteiger partial charge < -0.3 is 15.8 Å². The van der Waals surface area contributed by atoms with Crippen LogP contribution >= 0.6 is 0 Å². The number of benzene rings is 2. The summed E-state index contributed by atoms with van der Waals surface area (Å²) in [5.74, 6) is -0.108. The number of nitrogens with one attached hydrogen (secondary N) is 1. The summed E-state index contributed by atoms with van der Waals surface area (Å²) in [6.45, 7) is 8.61. The first-order valence-electron chi connectivity index (χ1n) is 9.66. The predicted molar refractivity (Wildman–Crippen MR) is 109 cm³/mol. The van der Waals surface area contributed by atoms with Crippen molar-refractivity contribution >= 4 is 5.91 Å². The normalized spacial score (nSPS) is 24.7. The highest BCUT2D eigenvalue weighted by Crippen LogP contribution is 2.50. The maximum absolute atomic E-state index is 12.9. The topological polar surface area (TPSA) is 64.3 Å². The molecule has 4 nitrogen and oxygen atoms in total. The Morgan fingerprint density at radius 1 is 1.15 bits per heavy atom. The first-order chi connectivity index (χ1) is 12.8. The highest BCUT2D eigenvalue weighted by Gasteiger charge is 2.62. The van der Waals surface area contributed by atoms with E-state index in [0.717, 1.165) is 11.1 Å². The van der Waals surface area contributed by atoms with Gasteiger partial charge in [-0.25, -0.2) is 0 Å². The van der Waals surface area contributed by atoms with Crippen molar-refractivity contribution in [1.29, 1.82) is 0 Å². The summed E-state index contributed by atoms with van der Waals surface area (Å²) in [5.41, 5.74) is 8.60. The SMILES string of the molecule is CCOC1CC(N)(C(=O)NC(C)c2ccc(-c3ccccc3)cc2)C1(C)C. The van der Waals surface area contributed by atoms with Crippen LogP contribution in [-0.4, -0.2) is 24.2 Å². The van der Waals surface area contributed by atoms with Crippen LogP contribution < -0.4 is 11.1 Å². The van der Waals surface area contributed by atoms with E-state index in [0.29, 0.717) is 13.0 Å². The van der Waals surface area contributed by atoms with E-state index >= 15 is 0 Å². The molecule has 1 saturated carbocycles. The molecule has 4 heteroatoms. The van der Waals surface area contributed by atoms with Crippen molar-refractivity contribution < 1.29 is 9.53 Å². The Morgan fingerprint density at radius 2 is 1.74 bits per heavy atom. The van der Waals surface area contributed by atoms with E-state index < -0.39 is 5.54 Å². The first-order valence-corrected chi connectivity index (χ1v) is 9.66. The second-order valence-corrected chi connectivity index (χ2v) is 8.02. The molecule has 1 aliphatic rings. The molecule has 0 spiro atoms. The van der Waals surface area contributed by atoms with E-state index in [9.17, 15) is 4.79 Å². The van der Waals surface area contributed by atoms with Crippen LogP contribution in [0.15, 0.2) is 54.6 Å². The fraction of sp³-hybridized carbons (Fsp3) is 0.435. The van der Waals surface area contributed by atoms with Gasteiger partial charge in [-0.3, -0.25) is 4.79 Å². The first kappa shape index (κ1) is 19.6. The van der Waals surface area contributed by atoms with Crippen LogP contribution in [0.25, 0.3) is 11.1 Å². The van der Waals surface area contributed by atoms with Crippen molar-refractivity contribution in [1.82, 2.24) is 5.32 Å². The van der Waals surface area contributed by atoms with Crippen LogP contribution in [0.4, 0.5) is 0 Å². The second-order valence-electron chi connectivity index (χ2n) is 8.02. The molecular weight excluding hydrogens is 336 g/mol. The van der Waals surface area contributed by atoms with Crippen molar-refractivity contribution in [2.75, 3.05) is 6.61 Å². The Balaban J connectivity index is 1.67.